The Morgan fingerprint density at radius 2 is 2.38 bits per heavy atom. The average Bonchev–Trinajstić information content (AvgIpc) is 2.89. The number of carbonyl (C=O) groups is 1. The van der Waals surface area contributed by atoms with Gasteiger partial charge in [-0.05, 0) is 32.0 Å². The number of halogens is 1. The average molecular weight is 259 g/mol. The quantitative estimate of drug-likeness (QED) is 0.877. The van der Waals surface area contributed by atoms with Gasteiger partial charge < -0.3 is 5.32 Å². The van der Waals surface area contributed by atoms with Gasteiger partial charge in [-0.1, -0.05) is 11.6 Å². The zero-order valence-corrected chi connectivity index (χ0v) is 10.8. The zero-order valence-electron chi connectivity index (χ0n) is 9.20. The summed E-state index contributed by atoms with van der Waals surface area (Å²) in [6.07, 6.45) is 2.27. The lowest BCUT2D eigenvalue weighted by atomic mass is 10.4. The summed E-state index contributed by atoms with van der Waals surface area (Å²) in [6, 6.07) is 4.33. The molecule has 0 atom stereocenters. The van der Waals surface area contributed by atoms with E-state index in [1.54, 1.807) is 11.3 Å². The van der Waals surface area contributed by atoms with Gasteiger partial charge in [-0.2, -0.15) is 0 Å². The highest BCUT2D eigenvalue weighted by Crippen LogP contribution is 2.22. The third kappa shape index (κ3) is 3.77. The van der Waals surface area contributed by atoms with Gasteiger partial charge in [0.25, 0.3) is 0 Å². The Morgan fingerprint density at radius 1 is 1.62 bits per heavy atom. The van der Waals surface area contributed by atoms with E-state index in [4.69, 9.17) is 11.6 Å². The van der Waals surface area contributed by atoms with Crippen LogP contribution in [0.1, 0.15) is 17.7 Å². The first-order valence-electron chi connectivity index (χ1n) is 5.35. The molecule has 0 spiro atoms. The Labute approximate surface area is 104 Å². The van der Waals surface area contributed by atoms with Crippen LogP contribution in [0.15, 0.2) is 12.1 Å². The van der Waals surface area contributed by atoms with Crippen LogP contribution in [0.25, 0.3) is 0 Å². The van der Waals surface area contributed by atoms with Crippen LogP contribution in [-0.2, 0) is 11.3 Å². The third-order valence-corrected chi connectivity index (χ3v) is 3.63. The molecule has 1 N–H and O–H groups in total. The van der Waals surface area contributed by atoms with Crippen LogP contribution in [0.4, 0.5) is 0 Å². The molecule has 1 aromatic rings. The number of likely N-dealkylation sites (N-methyl/N-ethyl adjacent to an activating group) is 1. The van der Waals surface area contributed by atoms with Gasteiger partial charge in [-0.15, -0.1) is 11.3 Å². The summed E-state index contributed by atoms with van der Waals surface area (Å²) in [5.74, 6) is 0.118. The lowest BCUT2D eigenvalue weighted by Crippen LogP contribution is -2.35. The summed E-state index contributed by atoms with van der Waals surface area (Å²) in [4.78, 5) is 14.7. The summed E-state index contributed by atoms with van der Waals surface area (Å²) in [7, 11) is 1.94. The minimum absolute atomic E-state index is 0.118. The Bertz CT molecular complexity index is 376. The monoisotopic (exact) mass is 258 g/mol. The van der Waals surface area contributed by atoms with Crippen molar-refractivity contribution in [3.63, 3.8) is 0 Å². The molecule has 1 amide bonds. The van der Waals surface area contributed by atoms with E-state index in [2.05, 4.69) is 5.32 Å². The van der Waals surface area contributed by atoms with Crippen molar-refractivity contribution in [1.29, 1.82) is 0 Å². The van der Waals surface area contributed by atoms with Crippen molar-refractivity contribution in [3.8, 4) is 0 Å². The van der Waals surface area contributed by atoms with Gasteiger partial charge in [0.05, 0.1) is 10.9 Å². The van der Waals surface area contributed by atoms with E-state index in [-0.39, 0.29) is 5.91 Å². The van der Waals surface area contributed by atoms with Crippen molar-refractivity contribution in [2.45, 2.75) is 25.4 Å². The summed E-state index contributed by atoms with van der Waals surface area (Å²) in [6.45, 7) is 1.22. The SMILES string of the molecule is CN(CC(=O)NC1CC1)Cc1ccc(Cl)s1. The number of nitrogens with one attached hydrogen (secondary N) is 1. The summed E-state index contributed by atoms with van der Waals surface area (Å²) in [5, 5.41) is 2.97. The molecule has 16 heavy (non-hydrogen) atoms. The van der Waals surface area contributed by atoms with Crippen molar-refractivity contribution in [1.82, 2.24) is 10.2 Å². The lowest BCUT2D eigenvalue weighted by molar-refractivity contribution is -0.122. The molecular weight excluding hydrogens is 244 g/mol. The first-order chi connectivity index (χ1) is 7.63. The van der Waals surface area contributed by atoms with Crippen LogP contribution < -0.4 is 5.32 Å². The Hall–Kier alpha value is -0.580. The van der Waals surface area contributed by atoms with Gasteiger partial charge in [-0.3, -0.25) is 9.69 Å². The van der Waals surface area contributed by atoms with Crippen molar-refractivity contribution in [3.05, 3.63) is 21.3 Å². The standard InChI is InChI=1S/C11H15ClN2OS/c1-14(6-9-4-5-10(12)16-9)7-11(15)13-8-2-3-8/h4-5,8H,2-3,6-7H2,1H3,(H,13,15). The number of nitrogens with zero attached hydrogens (tertiary/aromatic N) is 1. The highest BCUT2D eigenvalue weighted by atomic mass is 35.5. The maximum Gasteiger partial charge on any atom is 0.234 e. The van der Waals surface area contributed by atoms with Crippen molar-refractivity contribution < 1.29 is 4.79 Å². The summed E-state index contributed by atoms with van der Waals surface area (Å²) < 4.78 is 0.797. The molecule has 1 aromatic heterocycles. The molecular formula is C11H15ClN2OS. The molecule has 1 fully saturated rings. The fourth-order valence-corrected chi connectivity index (χ4v) is 2.67. The van der Waals surface area contributed by atoms with E-state index in [9.17, 15) is 4.79 Å². The molecule has 1 aliphatic carbocycles. The maximum absolute atomic E-state index is 11.5. The van der Waals surface area contributed by atoms with E-state index in [1.807, 2.05) is 24.1 Å². The molecule has 0 saturated heterocycles. The van der Waals surface area contributed by atoms with Crippen LogP contribution in [-0.4, -0.2) is 30.4 Å². The number of rotatable bonds is 5. The van der Waals surface area contributed by atoms with Crippen LogP contribution in [0.5, 0.6) is 0 Å². The highest BCUT2D eigenvalue weighted by molar-refractivity contribution is 7.16. The number of amides is 1. The van der Waals surface area contributed by atoms with Gasteiger partial charge in [0.1, 0.15) is 0 Å². The lowest BCUT2D eigenvalue weighted by Gasteiger charge is -2.14. The first-order valence-corrected chi connectivity index (χ1v) is 6.55. The smallest absolute Gasteiger partial charge is 0.234 e. The number of hydrogen-bond acceptors (Lipinski definition) is 3. The molecule has 0 aliphatic heterocycles. The number of hydrogen-bond donors (Lipinski definition) is 1. The van der Waals surface area contributed by atoms with Gasteiger partial charge in [0.2, 0.25) is 5.91 Å². The Morgan fingerprint density at radius 3 is 2.94 bits per heavy atom. The molecule has 88 valence electrons. The Kier molecular flexibility index (Phi) is 3.84. The second-order valence-electron chi connectivity index (χ2n) is 4.22. The van der Waals surface area contributed by atoms with Gasteiger partial charge in [0.15, 0.2) is 0 Å². The normalized spacial score (nSPS) is 15.4. The van der Waals surface area contributed by atoms with E-state index in [1.165, 1.54) is 4.88 Å². The molecule has 1 aliphatic rings. The molecule has 0 radical (unpaired) electrons. The van der Waals surface area contributed by atoms with E-state index in [0.29, 0.717) is 12.6 Å². The van der Waals surface area contributed by atoms with Crippen LogP contribution in [0.2, 0.25) is 4.34 Å². The van der Waals surface area contributed by atoms with Crippen LogP contribution >= 0.6 is 22.9 Å². The second-order valence-corrected chi connectivity index (χ2v) is 6.02. The minimum Gasteiger partial charge on any atom is -0.352 e. The minimum atomic E-state index is 0.118. The van der Waals surface area contributed by atoms with Crippen LogP contribution in [0, 0.1) is 0 Å². The second kappa shape index (κ2) is 5.17. The molecule has 0 bridgehead atoms. The largest absolute Gasteiger partial charge is 0.352 e. The fourth-order valence-electron chi connectivity index (χ4n) is 1.50. The third-order valence-electron chi connectivity index (χ3n) is 2.41. The molecule has 1 saturated carbocycles. The van der Waals surface area contributed by atoms with E-state index < -0.39 is 0 Å². The molecule has 3 nitrogen and oxygen atoms in total. The molecule has 0 aromatic carbocycles. The highest BCUT2D eigenvalue weighted by Gasteiger charge is 2.23. The van der Waals surface area contributed by atoms with Crippen molar-refractivity contribution >= 4 is 28.8 Å². The van der Waals surface area contributed by atoms with Gasteiger partial charge in [-0.25, -0.2) is 0 Å². The molecule has 2 rings (SSSR count). The van der Waals surface area contributed by atoms with E-state index in [0.717, 1.165) is 23.7 Å². The summed E-state index contributed by atoms with van der Waals surface area (Å²) >= 11 is 7.41. The molecule has 1 heterocycles. The van der Waals surface area contributed by atoms with E-state index >= 15 is 0 Å². The number of thiophene rings is 1. The van der Waals surface area contributed by atoms with Crippen molar-refractivity contribution in [2.24, 2.45) is 0 Å². The molecule has 5 heteroatoms. The predicted molar refractivity (Wildman–Crippen MR) is 66.8 cm³/mol. The predicted octanol–water partition coefficient (Wildman–Crippen LogP) is 2.11. The fraction of sp³-hybridized carbons (Fsp3) is 0.545. The molecule has 0 unspecified atom stereocenters. The maximum atomic E-state index is 11.5. The van der Waals surface area contributed by atoms with Crippen LogP contribution in [0.3, 0.4) is 0 Å². The summed E-state index contributed by atoms with van der Waals surface area (Å²) in [5.41, 5.74) is 0. The zero-order chi connectivity index (χ0) is 11.5. The van der Waals surface area contributed by atoms with Gasteiger partial charge in [0, 0.05) is 17.5 Å². The Balaban J connectivity index is 1.74. The number of carbonyl (C=O) groups excluding carboxylic acids is 1. The van der Waals surface area contributed by atoms with Crippen molar-refractivity contribution in [2.75, 3.05) is 13.6 Å². The van der Waals surface area contributed by atoms with Gasteiger partial charge >= 0.3 is 0 Å². The first kappa shape index (κ1) is 11.9. The topological polar surface area (TPSA) is 32.3 Å².